The van der Waals surface area contributed by atoms with E-state index >= 15 is 0 Å². The summed E-state index contributed by atoms with van der Waals surface area (Å²) in [6.07, 6.45) is 6.53. The van der Waals surface area contributed by atoms with Gasteiger partial charge in [-0.2, -0.15) is 0 Å². The number of nitrogen functional groups attached to an aromatic ring is 1. The Kier molecular flexibility index (Phi) is 4.86. The molecule has 1 unspecified atom stereocenters. The molecule has 0 aliphatic heterocycles. The van der Waals surface area contributed by atoms with Crippen LogP contribution in [0.15, 0.2) is 0 Å². The van der Waals surface area contributed by atoms with Crippen molar-refractivity contribution in [3.63, 3.8) is 0 Å². The highest BCUT2D eigenvalue weighted by Crippen LogP contribution is 2.35. The molecular formula is C15H27N3O. The summed E-state index contributed by atoms with van der Waals surface area (Å²) in [6, 6.07) is 0. The predicted octanol–water partition coefficient (Wildman–Crippen LogP) is 3.28. The smallest absolute Gasteiger partial charge is 0.127 e. The molecule has 1 aliphatic rings. The van der Waals surface area contributed by atoms with Crippen molar-refractivity contribution in [2.75, 3.05) is 19.5 Å². The van der Waals surface area contributed by atoms with Gasteiger partial charge in [0.2, 0.25) is 0 Å². The number of nitrogens with zero attached hydrogens (tertiary/aromatic N) is 2. The van der Waals surface area contributed by atoms with Crippen LogP contribution in [0.4, 0.5) is 5.82 Å². The molecule has 4 heteroatoms. The highest BCUT2D eigenvalue weighted by molar-refractivity contribution is 5.41. The Hall–Kier alpha value is -1.03. The number of anilines is 1. The van der Waals surface area contributed by atoms with E-state index in [4.69, 9.17) is 15.5 Å². The maximum Gasteiger partial charge on any atom is 0.127 e. The van der Waals surface area contributed by atoms with Crippen LogP contribution in [0.1, 0.15) is 69.3 Å². The van der Waals surface area contributed by atoms with Crippen molar-refractivity contribution in [3.05, 3.63) is 11.5 Å². The average molecular weight is 265 g/mol. The third-order valence-electron chi connectivity index (χ3n) is 4.23. The van der Waals surface area contributed by atoms with Gasteiger partial charge in [0.1, 0.15) is 11.6 Å². The van der Waals surface area contributed by atoms with Gasteiger partial charge >= 0.3 is 0 Å². The Morgan fingerprint density at radius 1 is 1.37 bits per heavy atom. The van der Waals surface area contributed by atoms with E-state index in [1.165, 1.54) is 37.9 Å². The summed E-state index contributed by atoms with van der Waals surface area (Å²) in [5, 5.41) is 0. The van der Waals surface area contributed by atoms with Crippen LogP contribution in [0.5, 0.6) is 0 Å². The van der Waals surface area contributed by atoms with Crippen molar-refractivity contribution in [2.24, 2.45) is 0 Å². The first-order valence-electron chi connectivity index (χ1n) is 7.53. The van der Waals surface area contributed by atoms with Crippen LogP contribution >= 0.6 is 0 Å². The maximum atomic E-state index is 6.30. The van der Waals surface area contributed by atoms with Gasteiger partial charge in [-0.1, -0.05) is 26.2 Å². The number of rotatable bonds is 5. The monoisotopic (exact) mass is 265 g/mol. The fraction of sp³-hybridized carbons (Fsp3) is 0.800. The lowest BCUT2D eigenvalue weighted by atomic mass is 9.88. The van der Waals surface area contributed by atoms with Gasteiger partial charge in [0.25, 0.3) is 0 Å². The summed E-state index contributed by atoms with van der Waals surface area (Å²) in [7, 11) is 1.73. The minimum absolute atomic E-state index is 0.264. The largest absolute Gasteiger partial charge is 0.384 e. The normalized spacial score (nSPS) is 18.7. The minimum Gasteiger partial charge on any atom is -0.384 e. The number of methoxy groups -OCH3 is 1. The number of ether oxygens (including phenoxy) is 1. The van der Waals surface area contributed by atoms with Crippen LogP contribution in [0.2, 0.25) is 0 Å². The van der Waals surface area contributed by atoms with Gasteiger partial charge in [-0.25, -0.2) is 4.98 Å². The Bertz CT molecular complexity index is 408. The van der Waals surface area contributed by atoms with Crippen LogP contribution in [-0.4, -0.2) is 23.3 Å². The molecule has 1 aliphatic carbocycles. The molecular weight excluding hydrogens is 238 g/mol. The standard InChI is InChI=1S/C15H27N3O/c1-4-18-14(16)13(11(2)10-19-3)17-15(18)12-8-6-5-7-9-12/h11-12H,4-10,16H2,1-3H3. The Morgan fingerprint density at radius 3 is 2.63 bits per heavy atom. The molecule has 2 N–H and O–H groups in total. The molecule has 1 aromatic rings. The van der Waals surface area contributed by atoms with Crippen molar-refractivity contribution >= 4 is 5.82 Å². The molecule has 0 amide bonds. The fourth-order valence-electron chi connectivity index (χ4n) is 3.20. The van der Waals surface area contributed by atoms with E-state index in [9.17, 15) is 0 Å². The summed E-state index contributed by atoms with van der Waals surface area (Å²) in [5.41, 5.74) is 7.32. The van der Waals surface area contributed by atoms with Gasteiger partial charge in [0.15, 0.2) is 0 Å². The van der Waals surface area contributed by atoms with Gasteiger partial charge in [0.05, 0.1) is 12.3 Å². The third-order valence-corrected chi connectivity index (χ3v) is 4.23. The molecule has 0 saturated heterocycles. The van der Waals surface area contributed by atoms with Crippen LogP contribution in [0.3, 0.4) is 0 Å². The molecule has 0 spiro atoms. The lowest BCUT2D eigenvalue weighted by molar-refractivity contribution is 0.183. The van der Waals surface area contributed by atoms with Gasteiger partial charge in [0, 0.05) is 25.5 Å². The first-order valence-corrected chi connectivity index (χ1v) is 7.53. The molecule has 1 saturated carbocycles. The summed E-state index contributed by atoms with van der Waals surface area (Å²) in [5.74, 6) is 2.91. The van der Waals surface area contributed by atoms with Crippen molar-refractivity contribution in [1.82, 2.24) is 9.55 Å². The zero-order valence-corrected chi connectivity index (χ0v) is 12.5. The third kappa shape index (κ3) is 2.94. The first kappa shape index (κ1) is 14.4. The summed E-state index contributed by atoms with van der Waals surface area (Å²) in [6.45, 7) is 5.86. The van der Waals surface area contributed by atoms with E-state index in [1.807, 2.05) is 0 Å². The second kappa shape index (κ2) is 6.42. The van der Waals surface area contributed by atoms with E-state index in [0.29, 0.717) is 12.5 Å². The summed E-state index contributed by atoms with van der Waals surface area (Å²) >= 11 is 0. The molecule has 0 bridgehead atoms. The lowest BCUT2D eigenvalue weighted by Crippen LogP contribution is -2.12. The highest BCUT2D eigenvalue weighted by Gasteiger charge is 2.25. The number of hydrogen-bond donors (Lipinski definition) is 1. The van der Waals surface area contributed by atoms with Crippen LogP contribution in [0.25, 0.3) is 0 Å². The van der Waals surface area contributed by atoms with E-state index < -0.39 is 0 Å². The van der Waals surface area contributed by atoms with Crippen LogP contribution in [-0.2, 0) is 11.3 Å². The highest BCUT2D eigenvalue weighted by atomic mass is 16.5. The van der Waals surface area contributed by atoms with Crippen molar-refractivity contribution in [1.29, 1.82) is 0 Å². The zero-order valence-electron chi connectivity index (χ0n) is 12.5. The van der Waals surface area contributed by atoms with Crippen molar-refractivity contribution in [2.45, 2.75) is 64.3 Å². The number of hydrogen-bond acceptors (Lipinski definition) is 3. The second-order valence-corrected chi connectivity index (χ2v) is 5.68. The SMILES string of the molecule is CCn1c(C2CCCCC2)nc(C(C)COC)c1N. The fourth-order valence-corrected chi connectivity index (χ4v) is 3.20. The quantitative estimate of drug-likeness (QED) is 0.889. The summed E-state index contributed by atoms with van der Waals surface area (Å²) in [4.78, 5) is 4.88. The van der Waals surface area contributed by atoms with E-state index in [-0.39, 0.29) is 5.92 Å². The van der Waals surface area contributed by atoms with E-state index in [0.717, 1.165) is 18.1 Å². The molecule has 0 aromatic carbocycles. The lowest BCUT2D eigenvalue weighted by Gasteiger charge is -2.21. The molecule has 0 radical (unpaired) electrons. The van der Waals surface area contributed by atoms with Gasteiger partial charge in [-0.15, -0.1) is 0 Å². The Labute approximate surface area is 116 Å². The topological polar surface area (TPSA) is 53.1 Å². The first-order chi connectivity index (χ1) is 9.19. The van der Waals surface area contributed by atoms with E-state index in [2.05, 4.69) is 18.4 Å². The minimum atomic E-state index is 0.264. The molecule has 1 heterocycles. The Morgan fingerprint density at radius 2 is 2.05 bits per heavy atom. The molecule has 1 atom stereocenters. The summed E-state index contributed by atoms with van der Waals surface area (Å²) < 4.78 is 7.44. The molecule has 2 rings (SSSR count). The van der Waals surface area contributed by atoms with Gasteiger partial charge < -0.3 is 15.0 Å². The van der Waals surface area contributed by atoms with Crippen LogP contribution < -0.4 is 5.73 Å². The number of aromatic nitrogens is 2. The maximum absolute atomic E-state index is 6.30. The molecule has 19 heavy (non-hydrogen) atoms. The number of imidazole rings is 1. The van der Waals surface area contributed by atoms with Crippen molar-refractivity contribution in [3.8, 4) is 0 Å². The molecule has 1 aromatic heterocycles. The number of nitrogens with two attached hydrogens (primary N) is 1. The van der Waals surface area contributed by atoms with E-state index in [1.54, 1.807) is 7.11 Å². The molecule has 1 fully saturated rings. The van der Waals surface area contributed by atoms with Gasteiger partial charge in [-0.3, -0.25) is 0 Å². The predicted molar refractivity (Wildman–Crippen MR) is 78.4 cm³/mol. The van der Waals surface area contributed by atoms with Gasteiger partial charge in [-0.05, 0) is 19.8 Å². The van der Waals surface area contributed by atoms with Crippen molar-refractivity contribution < 1.29 is 4.74 Å². The zero-order chi connectivity index (χ0) is 13.8. The molecule has 108 valence electrons. The average Bonchev–Trinajstić information content (AvgIpc) is 2.77. The second-order valence-electron chi connectivity index (χ2n) is 5.68. The Balaban J connectivity index is 2.29. The molecule has 4 nitrogen and oxygen atoms in total. The van der Waals surface area contributed by atoms with Crippen LogP contribution in [0, 0.1) is 0 Å².